The zero-order chi connectivity index (χ0) is 27.8. The summed E-state index contributed by atoms with van der Waals surface area (Å²) in [4.78, 5) is 43.9. The molecule has 2 saturated heterocycles. The van der Waals surface area contributed by atoms with Crippen molar-refractivity contribution in [2.45, 2.75) is 51.4 Å². The number of benzene rings is 2. The Morgan fingerprint density at radius 3 is 2.46 bits per heavy atom. The Kier molecular flexibility index (Phi) is 9.89. The highest BCUT2D eigenvalue weighted by Gasteiger charge is 2.50. The normalized spacial score (nSPS) is 19.8. The number of halogens is 1. The Labute approximate surface area is 229 Å². The van der Waals surface area contributed by atoms with Crippen molar-refractivity contribution in [2.24, 2.45) is 0 Å². The van der Waals surface area contributed by atoms with Gasteiger partial charge in [0.25, 0.3) is 0 Å². The van der Waals surface area contributed by atoms with Crippen LogP contribution in [-0.2, 0) is 27.3 Å². The Morgan fingerprint density at radius 2 is 1.74 bits per heavy atom. The number of urea groups is 1. The van der Waals surface area contributed by atoms with Crippen LogP contribution in [0.5, 0.6) is 0 Å². The van der Waals surface area contributed by atoms with Gasteiger partial charge in [0.1, 0.15) is 18.0 Å². The van der Waals surface area contributed by atoms with Crippen LogP contribution in [0.4, 0.5) is 9.18 Å². The standard InChI is InChI=1S/C29H38FN5O4/c1-3-4-16-39-17-8-15-33-20-26-34(25(28(33)37)18-22-9-6-5-7-10-22)27(36)21-32(2)35(26)29(38)31-19-23-11-13-24(30)14-12-23/h5-7,9-14,25-26H,3-4,8,15-21H2,1-2H3,(H,31,38)/t25-,26-/m0/s1. The fourth-order valence-electron chi connectivity index (χ4n) is 5.11. The SMILES string of the molecule is CCCCOCCCN1C[C@H]2N(C(=O)CN(C)N2C(=O)NCc2ccc(F)cc2)[C@@H](Cc2ccccc2)C1=O. The van der Waals surface area contributed by atoms with E-state index in [-0.39, 0.29) is 43.3 Å². The summed E-state index contributed by atoms with van der Waals surface area (Å²) in [7, 11) is 1.70. The van der Waals surface area contributed by atoms with Crippen molar-refractivity contribution in [1.29, 1.82) is 0 Å². The summed E-state index contributed by atoms with van der Waals surface area (Å²) in [5.74, 6) is -0.655. The van der Waals surface area contributed by atoms with Crippen molar-refractivity contribution in [1.82, 2.24) is 25.1 Å². The van der Waals surface area contributed by atoms with Gasteiger partial charge in [0.15, 0.2) is 0 Å². The zero-order valence-corrected chi connectivity index (χ0v) is 22.7. The van der Waals surface area contributed by atoms with Gasteiger partial charge in [-0.05, 0) is 36.1 Å². The Morgan fingerprint density at radius 1 is 1.03 bits per heavy atom. The molecule has 1 N–H and O–H groups in total. The molecule has 4 rings (SSSR count). The number of ether oxygens (including phenoxy) is 1. The monoisotopic (exact) mass is 539 g/mol. The predicted octanol–water partition coefficient (Wildman–Crippen LogP) is 3.01. The first-order chi connectivity index (χ1) is 18.9. The maximum absolute atomic E-state index is 13.7. The summed E-state index contributed by atoms with van der Waals surface area (Å²) >= 11 is 0. The third kappa shape index (κ3) is 7.13. The van der Waals surface area contributed by atoms with Crippen molar-refractivity contribution in [3.8, 4) is 0 Å². The molecule has 0 saturated carbocycles. The molecule has 2 aromatic rings. The molecular weight excluding hydrogens is 501 g/mol. The van der Waals surface area contributed by atoms with E-state index >= 15 is 0 Å². The molecule has 2 heterocycles. The van der Waals surface area contributed by atoms with Gasteiger partial charge in [0.2, 0.25) is 11.8 Å². The molecule has 0 spiro atoms. The topological polar surface area (TPSA) is 85.4 Å². The molecule has 2 fully saturated rings. The van der Waals surface area contributed by atoms with E-state index in [9.17, 15) is 18.8 Å². The van der Waals surface area contributed by atoms with E-state index in [0.717, 1.165) is 24.0 Å². The van der Waals surface area contributed by atoms with Gasteiger partial charge in [-0.2, -0.15) is 0 Å². The second kappa shape index (κ2) is 13.5. The second-order valence-corrected chi connectivity index (χ2v) is 10.0. The average Bonchev–Trinajstić information content (AvgIpc) is 2.92. The second-order valence-electron chi connectivity index (χ2n) is 10.0. The number of hydrogen-bond donors (Lipinski definition) is 1. The third-order valence-electron chi connectivity index (χ3n) is 7.14. The highest BCUT2D eigenvalue weighted by molar-refractivity contribution is 5.91. The molecule has 0 aliphatic carbocycles. The molecule has 2 aromatic carbocycles. The van der Waals surface area contributed by atoms with Gasteiger partial charge in [-0.3, -0.25) is 9.59 Å². The van der Waals surface area contributed by atoms with E-state index in [1.807, 2.05) is 30.3 Å². The van der Waals surface area contributed by atoms with Gasteiger partial charge in [-0.25, -0.2) is 19.2 Å². The number of hydrazine groups is 1. The summed E-state index contributed by atoms with van der Waals surface area (Å²) < 4.78 is 19.0. The van der Waals surface area contributed by atoms with E-state index < -0.39 is 12.2 Å². The van der Waals surface area contributed by atoms with Gasteiger partial charge in [-0.1, -0.05) is 55.8 Å². The molecule has 9 nitrogen and oxygen atoms in total. The Bertz CT molecular complexity index is 1120. The lowest BCUT2D eigenvalue weighted by atomic mass is 9.98. The first-order valence-corrected chi connectivity index (χ1v) is 13.6. The summed E-state index contributed by atoms with van der Waals surface area (Å²) in [6.45, 7) is 4.21. The Balaban J connectivity index is 1.53. The number of hydrogen-bond acceptors (Lipinski definition) is 5. The van der Waals surface area contributed by atoms with Gasteiger partial charge in [0, 0.05) is 39.8 Å². The van der Waals surface area contributed by atoms with Crippen LogP contribution < -0.4 is 5.32 Å². The molecule has 39 heavy (non-hydrogen) atoms. The number of unbranched alkanes of at least 4 members (excludes halogenated alkanes) is 1. The number of likely N-dealkylation sites (N-methyl/N-ethyl adjacent to an activating group) is 1. The largest absolute Gasteiger partial charge is 0.381 e. The summed E-state index contributed by atoms with van der Waals surface area (Å²) in [6, 6.07) is 14.4. The molecule has 2 atom stereocenters. The number of amides is 4. The summed E-state index contributed by atoms with van der Waals surface area (Å²) in [5, 5.41) is 6.02. The van der Waals surface area contributed by atoms with Crippen LogP contribution >= 0.6 is 0 Å². The van der Waals surface area contributed by atoms with Gasteiger partial charge in [0.05, 0.1) is 13.1 Å². The fraction of sp³-hybridized carbons (Fsp3) is 0.483. The van der Waals surface area contributed by atoms with Gasteiger partial charge in [-0.15, -0.1) is 0 Å². The van der Waals surface area contributed by atoms with Crippen molar-refractivity contribution in [3.05, 3.63) is 71.5 Å². The number of carbonyl (C=O) groups is 3. The quantitative estimate of drug-likeness (QED) is 0.444. The lowest BCUT2D eigenvalue weighted by Crippen LogP contribution is -2.76. The maximum atomic E-state index is 13.7. The molecule has 10 heteroatoms. The molecule has 2 aliphatic heterocycles. The number of fused-ring (bicyclic) bond motifs is 1. The maximum Gasteiger partial charge on any atom is 0.334 e. The number of nitrogens with one attached hydrogen (secondary N) is 1. The molecule has 0 aromatic heterocycles. The number of nitrogens with zero attached hydrogens (tertiary/aromatic N) is 4. The number of rotatable bonds is 11. The van der Waals surface area contributed by atoms with E-state index in [1.165, 1.54) is 17.1 Å². The van der Waals surface area contributed by atoms with Crippen molar-refractivity contribution in [3.63, 3.8) is 0 Å². The fourth-order valence-corrected chi connectivity index (χ4v) is 5.11. The molecule has 4 amide bonds. The average molecular weight is 540 g/mol. The zero-order valence-electron chi connectivity index (χ0n) is 22.7. The highest BCUT2D eigenvalue weighted by Crippen LogP contribution is 2.28. The lowest BCUT2D eigenvalue weighted by Gasteiger charge is -2.54. The number of piperazine rings is 1. The van der Waals surface area contributed by atoms with Crippen LogP contribution in [-0.4, -0.2) is 89.8 Å². The number of carbonyl (C=O) groups excluding carboxylic acids is 3. The molecule has 2 aliphatic rings. The molecular formula is C29H38FN5O4. The summed E-state index contributed by atoms with van der Waals surface area (Å²) in [6.07, 6.45) is 2.43. The Hall–Kier alpha value is -3.50. The van der Waals surface area contributed by atoms with Gasteiger partial charge < -0.3 is 19.9 Å². The minimum Gasteiger partial charge on any atom is -0.381 e. The smallest absolute Gasteiger partial charge is 0.334 e. The van der Waals surface area contributed by atoms with E-state index in [4.69, 9.17) is 4.74 Å². The first-order valence-electron chi connectivity index (χ1n) is 13.6. The van der Waals surface area contributed by atoms with E-state index in [1.54, 1.807) is 34.0 Å². The molecule has 0 bridgehead atoms. The summed E-state index contributed by atoms with van der Waals surface area (Å²) in [5.41, 5.74) is 1.70. The minimum absolute atomic E-state index is 0.0235. The van der Waals surface area contributed by atoms with E-state index in [2.05, 4.69) is 12.2 Å². The van der Waals surface area contributed by atoms with Crippen LogP contribution in [0.25, 0.3) is 0 Å². The van der Waals surface area contributed by atoms with Gasteiger partial charge >= 0.3 is 6.03 Å². The van der Waals surface area contributed by atoms with Crippen LogP contribution in [0.1, 0.15) is 37.3 Å². The minimum atomic E-state index is -0.722. The van der Waals surface area contributed by atoms with Crippen molar-refractivity contribution in [2.75, 3.05) is 39.9 Å². The lowest BCUT2D eigenvalue weighted by molar-refractivity contribution is -0.187. The van der Waals surface area contributed by atoms with Crippen molar-refractivity contribution >= 4 is 17.8 Å². The first kappa shape index (κ1) is 28.5. The predicted molar refractivity (Wildman–Crippen MR) is 145 cm³/mol. The van der Waals surface area contributed by atoms with Crippen LogP contribution in [0, 0.1) is 5.82 Å². The van der Waals surface area contributed by atoms with E-state index in [0.29, 0.717) is 32.6 Å². The molecule has 0 radical (unpaired) electrons. The molecule has 0 unspecified atom stereocenters. The van der Waals surface area contributed by atoms with Crippen LogP contribution in [0.3, 0.4) is 0 Å². The van der Waals surface area contributed by atoms with Crippen LogP contribution in [0.2, 0.25) is 0 Å². The third-order valence-corrected chi connectivity index (χ3v) is 7.14. The molecule has 210 valence electrons. The van der Waals surface area contributed by atoms with Crippen LogP contribution in [0.15, 0.2) is 54.6 Å². The van der Waals surface area contributed by atoms with Crippen molar-refractivity contribution < 1.29 is 23.5 Å². The highest BCUT2D eigenvalue weighted by atomic mass is 19.1.